The number of nitrogens with one attached hydrogen (secondary N) is 1. The van der Waals surface area contributed by atoms with Gasteiger partial charge in [0.2, 0.25) is 0 Å². The Kier molecular flexibility index (Phi) is 8.73. The Bertz CT molecular complexity index is 1100. The van der Waals surface area contributed by atoms with Crippen LogP contribution in [0.25, 0.3) is 0 Å². The minimum atomic E-state index is -0.458. The van der Waals surface area contributed by atoms with Crippen molar-refractivity contribution in [2.24, 2.45) is 10.7 Å². The second kappa shape index (κ2) is 11.9. The molecule has 0 unspecified atom stereocenters. The van der Waals surface area contributed by atoms with Crippen molar-refractivity contribution in [3.8, 4) is 6.07 Å². The third-order valence-corrected chi connectivity index (χ3v) is 5.64. The maximum absolute atomic E-state index is 13.1. The number of nitrogens with two attached hydrogens (primary N) is 1. The summed E-state index contributed by atoms with van der Waals surface area (Å²) in [6.07, 6.45) is 1.93. The van der Waals surface area contributed by atoms with Gasteiger partial charge in [0.25, 0.3) is 5.91 Å². The van der Waals surface area contributed by atoms with Crippen LogP contribution >= 0.6 is 0 Å². The lowest BCUT2D eigenvalue weighted by atomic mass is 10.1. The van der Waals surface area contributed by atoms with Gasteiger partial charge >= 0.3 is 0 Å². The first-order valence-corrected chi connectivity index (χ1v) is 11.1. The van der Waals surface area contributed by atoms with Crippen molar-refractivity contribution >= 4 is 28.7 Å². The first kappa shape index (κ1) is 24.9. The van der Waals surface area contributed by atoms with Gasteiger partial charge in [0.1, 0.15) is 11.9 Å². The summed E-state index contributed by atoms with van der Waals surface area (Å²) in [5.41, 5.74) is 8.50. The van der Waals surface area contributed by atoms with Crippen LogP contribution in [0.1, 0.15) is 18.9 Å². The van der Waals surface area contributed by atoms with Crippen LogP contribution in [0.2, 0.25) is 0 Å². The van der Waals surface area contributed by atoms with Crippen molar-refractivity contribution in [1.82, 2.24) is 4.90 Å². The average Bonchev–Trinajstić information content (AvgIpc) is 2.85. The van der Waals surface area contributed by atoms with E-state index in [-0.39, 0.29) is 18.0 Å². The maximum atomic E-state index is 13.1. The number of aliphatic imine (C=N–C) groups is 1. The normalized spacial score (nSPS) is 15.2. The SMILES string of the molecule is CC(=Nc1ccc(F)cc1)C(=CN)C(=O)Nc1ccc(N2CCN(CCCO)CC2)c(C#N)c1. The number of hydrogen-bond donors (Lipinski definition) is 3. The molecular weight excluding hydrogens is 435 g/mol. The minimum Gasteiger partial charge on any atom is -0.404 e. The summed E-state index contributed by atoms with van der Waals surface area (Å²) in [6, 6.07) is 13.1. The molecule has 8 nitrogen and oxygen atoms in total. The summed E-state index contributed by atoms with van der Waals surface area (Å²) < 4.78 is 13.1. The second-order valence-electron chi connectivity index (χ2n) is 7.96. The van der Waals surface area contributed by atoms with E-state index in [1.165, 1.54) is 30.5 Å². The predicted molar refractivity (Wildman–Crippen MR) is 132 cm³/mol. The highest BCUT2D eigenvalue weighted by atomic mass is 19.1. The Morgan fingerprint density at radius 1 is 1.24 bits per heavy atom. The zero-order valence-electron chi connectivity index (χ0n) is 19.2. The van der Waals surface area contributed by atoms with E-state index in [0.29, 0.717) is 22.6 Å². The molecule has 0 radical (unpaired) electrons. The fourth-order valence-electron chi connectivity index (χ4n) is 3.81. The average molecular weight is 465 g/mol. The third-order valence-electron chi connectivity index (χ3n) is 5.64. The summed E-state index contributed by atoms with van der Waals surface area (Å²) in [6.45, 7) is 5.98. The molecule has 0 bridgehead atoms. The first-order valence-electron chi connectivity index (χ1n) is 11.1. The van der Waals surface area contributed by atoms with Crippen LogP contribution in [0.3, 0.4) is 0 Å². The van der Waals surface area contributed by atoms with Crippen molar-refractivity contribution in [3.05, 3.63) is 65.6 Å². The van der Waals surface area contributed by atoms with E-state index in [4.69, 9.17) is 10.8 Å². The van der Waals surface area contributed by atoms with Crippen molar-refractivity contribution < 1.29 is 14.3 Å². The summed E-state index contributed by atoms with van der Waals surface area (Å²) in [5.74, 6) is -0.829. The van der Waals surface area contributed by atoms with Gasteiger partial charge in [-0.25, -0.2) is 4.39 Å². The molecule has 0 aliphatic carbocycles. The Balaban J connectivity index is 1.69. The topological polar surface area (TPSA) is 118 Å². The molecule has 2 aromatic rings. The highest BCUT2D eigenvalue weighted by Crippen LogP contribution is 2.25. The summed E-state index contributed by atoms with van der Waals surface area (Å²) in [5, 5.41) is 21.5. The monoisotopic (exact) mass is 464 g/mol. The van der Waals surface area contributed by atoms with Gasteiger partial charge in [-0.3, -0.25) is 14.7 Å². The maximum Gasteiger partial charge on any atom is 0.258 e. The number of amides is 1. The van der Waals surface area contributed by atoms with Gasteiger partial charge in [-0.2, -0.15) is 5.26 Å². The van der Waals surface area contributed by atoms with Gasteiger partial charge in [-0.15, -0.1) is 0 Å². The van der Waals surface area contributed by atoms with E-state index < -0.39 is 5.91 Å². The number of nitrogens with zero attached hydrogens (tertiary/aromatic N) is 4. The number of rotatable bonds is 8. The number of benzene rings is 2. The van der Waals surface area contributed by atoms with E-state index in [1.807, 2.05) is 6.07 Å². The number of nitriles is 1. The molecule has 178 valence electrons. The van der Waals surface area contributed by atoms with Crippen LogP contribution in [0.15, 0.2) is 59.2 Å². The molecule has 0 aromatic heterocycles. The Hall–Kier alpha value is -3.74. The van der Waals surface area contributed by atoms with Crippen LogP contribution in [0.5, 0.6) is 0 Å². The highest BCUT2D eigenvalue weighted by molar-refractivity contribution is 6.25. The second-order valence-corrected chi connectivity index (χ2v) is 7.96. The molecule has 4 N–H and O–H groups in total. The lowest BCUT2D eigenvalue weighted by Crippen LogP contribution is -2.47. The number of hydrogen-bond acceptors (Lipinski definition) is 7. The van der Waals surface area contributed by atoms with Gasteiger partial charge in [-0.05, 0) is 55.8 Å². The molecule has 2 aromatic carbocycles. The molecule has 34 heavy (non-hydrogen) atoms. The molecule has 1 aliphatic heterocycles. The fourth-order valence-corrected chi connectivity index (χ4v) is 3.81. The van der Waals surface area contributed by atoms with Gasteiger partial charge in [0.05, 0.1) is 28.2 Å². The number of carbonyl (C=O) groups excluding carboxylic acids is 1. The summed E-state index contributed by atoms with van der Waals surface area (Å²) in [7, 11) is 0. The van der Waals surface area contributed by atoms with E-state index in [9.17, 15) is 14.4 Å². The molecular formula is C25H29FN6O2. The Morgan fingerprint density at radius 2 is 1.94 bits per heavy atom. The van der Waals surface area contributed by atoms with Gasteiger partial charge in [-0.1, -0.05) is 0 Å². The smallest absolute Gasteiger partial charge is 0.258 e. The number of piperazine rings is 1. The van der Waals surface area contributed by atoms with E-state index in [1.54, 1.807) is 19.1 Å². The number of halogens is 1. The quantitative estimate of drug-likeness (QED) is 0.408. The largest absolute Gasteiger partial charge is 0.404 e. The zero-order chi connectivity index (χ0) is 24.5. The lowest BCUT2D eigenvalue weighted by molar-refractivity contribution is -0.112. The molecule has 1 heterocycles. The van der Waals surface area contributed by atoms with Gasteiger partial charge < -0.3 is 21.1 Å². The fraction of sp³-hybridized carbons (Fsp3) is 0.320. The van der Waals surface area contributed by atoms with E-state index in [0.717, 1.165) is 44.8 Å². The molecule has 1 saturated heterocycles. The highest BCUT2D eigenvalue weighted by Gasteiger charge is 2.20. The minimum absolute atomic E-state index is 0.172. The lowest BCUT2D eigenvalue weighted by Gasteiger charge is -2.36. The molecule has 9 heteroatoms. The molecule has 0 atom stereocenters. The molecule has 1 amide bonds. The number of anilines is 2. The van der Waals surface area contributed by atoms with Crippen LogP contribution in [0.4, 0.5) is 21.5 Å². The Morgan fingerprint density at radius 3 is 2.56 bits per heavy atom. The van der Waals surface area contributed by atoms with Crippen LogP contribution in [-0.4, -0.2) is 61.0 Å². The molecule has 3 rings (SSSR count). The number of aliphatic hydroxyl groups is 1. The van der Waals surface area contributed by atoms with Crippen LogP contribution in [-0.2, 0) is 4.79 Å². The molecule has 0 spiro atoms. The molecule has 1 aliphatic rings. The molecule has 1 fully saturated rings. The third kappa shape index (κ3) is 6.41. The summed E-state index contributed by atoms with van der Waals surface area (Å²) >= 11 is 0. The Labute approximate surface area is 198 Å². The first-order chi connectivity index (χ1) is 16.4. The standard InChI is InChI=1S/C25H29FN6O2/c1-18(29-21-5-3-20(26)4-6-21)23(17-28)25(34)30-22-7-8-24(19(15-22)16-27)32-12-10-31(11-13-32)9-2-14-33/h3-8,15,17,33H,2,9-14,28H2,1H3,(H,30,34). The van der Waals surface area contributed by atoms with E-state index in [2.05, 4.69) is 26.2 Å². The predicted octanol–water partition coefficient (Wildman–Crippen LogP) is 2.78. The molecule has 0 saturated carbocycles. The van der Waals surface area contributed by atoms with E-state index >= 15 is 0 Å². The number of aliphatic hydroxyl groups excluding tert-OH is 1. The summed E-state index contributed by atoms with van der Waals surface area (Å²) in [4.78, 5) is 21.6. The van der Waals surface area contributed by atoms with Gasteiger partial charge in [0, 0.05) is 51.2 Å². The van der Waals surface area contributed by atoms with Crippen molar-refractivity contribution in [2.45, 2.75) is 13.3 Å². The zero-order valence-corrected chi connectivity index (χ0v) is 19.2. The van der Waals surface area contributed by atoms with Crippen molar-refractivity contribution in [2.75, 3.05) is 49.5 Å². The van der Waals surface area contributed by atoms with Crippen LogP contribution in [0, 0.1) is 17.1 Å². The number of carbonyl (C=O) groups is 1. The van der Waals surface area contributed by atoms with Crippen LogP contribution < -0.4 is 16.0 Å². The van der Waals surface area contributed by atoms with Gasteiger partial charge in [0.15, 0.2) is 0 Å². The van der Waals surface area contributed by atoms with Crippen molar-refractivity contribution in [1.29, 1.82) is 5.26 Å². The van der Waals surface area contributed by atoms with Crippen molar-refractivity contribution in [3.63, 3.8) is 0 Å².